The summed E-state index contributed by atoms with van der Waals surface area (Å²) in [4.78, 5) is 13.6. The molecule has 1 aliphatic rings. The Labute approximate surface area is 141 Å². The Morgan fingerprint density at radius 3 is 2.29 bits per heavy atom. The fourth-order valence-electron chi connectivity index (χ4n) is 2.80. The van der Waals surface area contributed by atoms with E-state index in [1.165, 1.54) is 0 Å². The molecule has 0 unspecified atom stereocenters. The van der Waals surface area contributed by atoms with Crippen molar-refractivity contribution in [1.82, 2.24) is 4.90 Å². The smallest absolute Gasteiger partial charge is 0.321 e. The fourth-order valence-corrected chi connectivity index (χ4v) is 2.80. The standard InChI is InChI=1S/C19H21NO4/c21-19(22)18(20-10-12-23-13-11-20)14-15-6-8-17(9-7-15)24-16-4-2-1-3-5-16/h1-9,18H,10-14H2,(H,21,22)/t18-/m1/s1. The number of benzene rings is 2. The number of ether oxygens (including phenoxy) is 2. The van der Waals surface area contributed by atoms with Gasteiger partial charge in [0.2, 0.25) is 0 Å². The van der Waals surface area contributed by atoms with Crippen LogP contribution in [0.4, 0.5) is 0 Å². The second-order valence-corrected chi connectivity index (χ2v) is 5.77. The monoisotopic (exact) mass is 327 g/mol. The third kappa shape index (κ3) is 4.34. The van der Waals surface area contributed by atoms with Crippen molar-refractivity contribution >= 4 is 5.97 Å². The summed E-state index contributed by atoms with van der Waals surface area (Å²) < 4.78 is 11.1. The van der Waals surface area contributed by atoms with Gasteiger partial charge in [0.15, 0.2) is 0 Å². The van der Waals surface area contributed by atoms with Crippen LogP contribution in [0.1, 0.15) is 5.56 Å². The minimum absolute atomic E-state index is 0.473. The third-order valence-electron chi connectivity index (χ3n) is 4.10. The Morgan fingerprint density at radius 2 is 1.67 bits per heavy atom. The zero-order valence-electron chi connectivity index (χ0n) is 13.4. The number of para-hydroxylation sites is 1. The fraction of sp³-hybridized carbons (Fsp3) is 0.316. The van der Waals surface area contributed by atoms with Crippen LogP contribution in [0.3, 0.4) is 0 Å². The Bertz CT molecular complexity index is 651. The topological polar surface area (TPSA) is 59.0 Å². The SMILES string of the molecule is O=C(O)[C@@H](Cc1ccc(Oc2ccccc2)cc1)N1CCOCC1. The van der Waals surface area contributed by atoms with Gasteiger partial charge in [0.05, 0.1) is 13.2 Å². The quantitative estimate of drug-likeness (QED) is 0.884. The van der Waals surface area contributed by atoms with E-state index < -0.39 is 12.0 Å². The molecule has 0 bridgehead atoms. The highest BCUT2D eigenvalue weighted by atomic mass is 16.5. The molecular weight excluding hydrogens is 306 g/mol. The number of hydrogen-bond donors (Lipinski definition) is 1. The summed E-state index contributed by atoms with van der Waals surface area (Å²) in [5.41, 5.74) is 0.981. The summed E-state index contributed by atoms with van der Waals surface area (Å²) in [6.07, 6.45) is 0.473. The van der Waals surface area contributed by atoms with Crippen molar-refractivity contribution in [1.29, 1.82) is 0 Å². The largest absolute Gasteiger partial charge is 0.480 e. The van der Waals surface area contributed by atoms with E-state index in [0.29, 0.717) is 32.7 Å². The first-order valence-electron chi connectivity index (χ1n) is 8.09. The number of rotatable bonds is 6. The molecule has 2 aromatic rings. The van der Waals surface area contributed by atoms with Crippen molar-refractivity contribution in [2.24, 2.45) is 0 Å². The summed E-state index contributed by atoms with van der Waals surface area (Å²) in [5.74, 6) is 0.728. The summed E-state index contributed by atoms with van der Waals surface area (Å²) >= 11 is 0. The van der Waals surface area contributed by atoms with Gasteiger partial charge in [0.1, 0.15) is 17.5 Å². The predicted octanol–water partition coefficient (Wildman–Crippen LogP) is 2.81. The highest BCUT2D eigenvalue weighted by Gasteiger charge is 2.27. The lowest BCUT2D eigenvalue weighted by Gasteiger charge is -2.32. The minimum atomic E-state index is -0.790. The van der Waals surface area contributed by atoms with Gasteiger partial charge >= 0.3 is 5.97 Å². The Hall–Kier alpha value is -2.37. The van der Waals surface area contributed by atoms with Crippen molar-refractivity contribution in [2.45, 2.75) is 12.5 Å². The average Bonchev–Trinajstić information content (AvgIpc) is 2.62. The summed E-state index contributed by atoms with van der Waals surface area (Å²) in [6.45, 7) is 2.50. The molecule has 126 valence electrons. The van der Waals surface area contributed by atoms with Crippen molar-refractivity contribution in [3.63, 3.8) is 0 Å². The van der Waals surface area contributed by atoms with Gasteiger partial charge < -0.3 is 14.6 Å². The molecule has 0 aliphatic carbocycles. The van der Waals surface area contributed by atoms with Crippen LogP contribution in [0.15, 0.2) is 54.6 Å². The van der Waals surface area contributed by atoms with E-state index in [9.17, 15) is 9.90 Å². The zero-order valence-corrected chi connectivity index (χ0v) is 13.4. The lowest BCUT2D eigenvalue weighted by molar-refractivity contribution is -0.145. The molecule has 5 heteroatoms. The highest BCUT2D eigenvalue weighted by molar-refractivity contribution is 5.74. The van der Waals surface area contributed by atoms with Gasteiger partial charge in [-0.05, 0) is 36.2 Å². The number of aliphatic carboxylic acids is 1. The maximum Gasteiger partial charge on any atom is 0.321 e. The van der Waals surface area contributed by atoms with Gasteiger partial charge in [0, 0.05) is 13.1 Å². The maximum absolute atomic E-state index is 11.6. The minimum Gasteiger partial charge on any atom is -0.480 e. The molecule has 1 N–H and O–H groups in total. The Morgan fingerprint density at radius 1 is 1.04 bits per heavy atom. The molecular formula is C19H21NO4. The predicted molar refractivity (Wildman–Crippen MR) is 90.5 cm³/mol. The summed E-state index contributed by atoms with van der Waals surface area (Å²) in [5, 5.41) is 9.53. The second-order valence-electron chi connectivity index (χ2n) is 5.77. The molecule has 5 nitrogen and oxygen atoms in total. The Kier molecular flexibility index (Phi) is 5.46. The number of hydrogen-bond acceptors (Lipinski definition) is 4. The first kappa shape index (κ1) is 16.5. The number of carbonyl (C=O) groups is 1. The van der Waals surface area contributed by atoms with Crippen molar-refractivity contribution in [3.8, 4) is 11.5 Å². The highest BCUT2D eigenvalue weighted by Crippen LogP contribution is 2.22. The van der Waals surface area contributed by atoms with Crippen LogP contribution < -0.4 is 4.74 Å². The lowest BCUT2D eigenvalue weighted by Crippen LogP contribution is -2.48. The first-order chi connectivity index (χ1) is 11.7. The van der Waals surface area contributed by atoms with Crippen molar-refractivity contribution < 1.29 is 19.4 Å². The van der Waals surface area contributed by atoms with Crippen LogP contribution in [0.25, 0.3) is 0 Å². The normalized spacial score (nSPS) is 16.5. The number of carboxylic acids is 1. The Balaban J connectivity index is 1.64. The van der Waals surface area contributed by atoms with Crippen LogP contribution in [0.2, 0.25) is 0 Å². The van der Waals surface area contributed by atoms with E-state index in [1.54, 1.807) is 0 Å². The lowest BCUT2D eigenvalue weighted by atomic mass is 10.0. The molecule has 0 amide bonds. The molecule has 1 fully saturated rings. The van der Waals surface area contributed by atoms with Gasteiger partial charge in [-0.1, -0.05) is 30.3 Å². The molecule has 0 radical (unpaired) electrons. The van der Waals surface area contributed by atoms with E-state index in [-0.39, 0.29) is 0 Å². The van der Waals surface area contributed by atoms with E-state index in [1.807, 2.05) is 59.5 Å². The number of carboxylic acid groups (broad SMARTS) is 1. The van der Waals surface area contributed by atoms with E-state index in [2.05, 4.69) is 0 Å². The number of nitrogens with zero attached hydrogens (tertiary/aromatic N) is 1. The maximum atomic E-state index is 11.6. The number of morpholine rings is 1. The molecule has 0 spiro atoms. The average molecular weight is 327 g/mol. The van der Waals surface area contributed by atoms with Gasteiger partial charge in [-0.15, -0.1) is 0 Å². The molecule has 0 aromatic heterocycles. The van der Waals surface area contributed by atoms with Crippen LogP contribution in [-0.2, 0) is 16.0 Å². The van der Waals surface area contributed by atoms with Gasteiger partial charge in [0.25, 0.3) is 0 Å². The van der Waals surface area contributed by atoms with Crippen LogP contribution in [-0.4, -0.2) is 48.3 Å². The summed E-state index contributed by atoms with van der Waals surface area (Å²) in [6, 6.07) is 16.7. The zero-order chi connectivity index (χ0) is 16.8. The van der Waals surface area contributed by atoms with Crippen molar-refractivity contribution in [2.75, 3.05) is 26.3 Å². The molecule has 0 saturated carbocycles. The third-order valence-corrected chi connectivity index (χ3v) is 4.10. The van der Waals surface area contributed by atoms with Gasteiger partial charge in [-0.2, -0.15) is 0 Å². The van der Waals surface area contributed by atoms with E-state index in [4.69, 9.17) is 9.47 Å². The van der Waals surface area contributed by atoms with Gasteiger partial charge in [-0.3, -0.25) is 9.69 Å². The molecule has 1 heterocycles. The van der Waals surface area contributed by atoms with Crippen molar-refractivity contribution in [3.05, 3.63) is 60.2 Å². The molecule has 3 rings (SSSR count). The molecule has 1 aliphatic heterocycles. The van der Waals surface area contributed by atoms with E-state index >= 15 is 0 Å². The summed E-state index contributed by atoms with van der Waals surface area (Å²) in [7, 11) is 0. The molecule has 2 aromatic carbocycles. The molecule has 24 heavy (non-hydrogen) atoms. The molecule has 1 atom stereocenters. The van der Waals surface area contributed by atoms with Gasteiger partial charge in [-0.25, -0.2) is 0 Å². The van der Waals surface area contributed by atoms with E-state index in [0.717, 1.165) is 17.1 Å². The molecule has 1 saturated heterocycles. The van der Waals surface area contributed by atoms with Crippen LogP contribution in [0, 0.1) is 0 Å². The first-order valence-corrected chi connectivity index (χ1v) is 8.09. The second kappa shape index (κ2) is 7.95. The van der Waals surface area contributed by atoms with Crippen LogP contribution >= 0.6 is 0 Å². The van der Waals surface area contributed by atoms with Crippen LogP contribution in [0.5, 0.6) is 11.5 Å².